The summed E-state index contributed by atoms with van der Waals surface area (Å²) in [5.41, 5.74) is 3.23. The highest BCUT2D eigenvalue weighted by Crippen LogP contribution is 2.24. The number of carbonyl (C=O) groups excluding carboxylic acids is 1. The number of ether oxygens (including phenoxy) is 2. The van der Waals surface area contributed by atoms with Crippen molar-refractivity contribution in [2.24, 2.45) is 0 Å². The molecular weight excluding hydrogens is 340 g/mol. The van der Waals surface area contributed by atoms with Gasteiger partial charge in [-0.2, -0.15) is 0 Å². The molecule has 3 rings (SSSR count). The topological polar surface area (TPSA) is 50.8 Å². The van der Waals surface area contributed by atoms with E-state index in [9.17, 15) is 4.79 Å². The standard InChI is InChI=1S/C22H28N2O3/c1-16-8-9-19(14-17(16)2)27-18-10-12-24(13-11-18)15-22(25)23-20-6-4-5-7-21(20)26-3/h4-9,14,18H,10-13,15H2,1-3H3,(H,23,25). The number of benzene rings is 2. The molecule has 1 aliphatic heterocycles. The van der Waals surface area contributed by atoms with E-state index in [1.165, 1.54) is 11.1 Å². The summed E-state index contributed by atoms with van der Waals surface area (Å²) in [6.07, 6.45) is 2.06. The van der Waals surface area contributed by atoms with Gasteiger partial charge in [0.05, 0.1) is 19.3 Å². The molecule has 1 saturated heterocycles. The minimum Gasteiger partial charge on any atom is -0.495 e. The fraction of sp³-hybridized carbons (Fsp3) is 0.409. The van der Waals surface area contributed by atoms with Crippen molar-refractivity contribution in [3.8, 4) is 11.5 Å². The summed E-state index contributed by atoms with van der Waals surface area (Å²) < 4.78 is 11.4. The molecule has 1 heterocycles. The van der Waals surface area contributed by atoms with Crippen molar-refractivity contribution < 1.29 is 14.3 Å². The van der Waals surface area contributed by atoms with Gasteiger partial charge < -0.3 is 14.8 Å². The molecule has 0 spiro atoms. The second-order valence-electron chi connectivity index (χ2n) is 7.09. The average molecular weight is 368 g/mol. The van der Waals surface area contributed by atoms with Crippen LogP contribution in [0.1, 0.15) is 24.0 Å². The maximum Gasteiger partial charge on any atom is 0.238 e. The van der Waals surface area contributed by atoms with Crippen LogP contribution in [-0.4, -0.2) is 43.7 Å². The van der Waals surface area contributed by atoms with Gasteiger partial charge in [-0.1, -0.05) is 18.2 Å². The number of hydrogen-bond donors (Lipinski definition) is 1. The van der Waals surface area contributed by atoms with Gasteiger partial charge in [-0.25, -0.2) is 0 Å². The molecule has 27 heavy (non-hydrogen) atoms. The first-order valence-electron chi connectivity index (χ1n) is 9.44. The van der Waals surface area contributed by atoms with Crippen molar-refractivity contribution in [2.75, 3.05) is 32.1 Å². The second kappa shape index (κ2) is 8.91. The Bertz CT molecular complexity index is 783. The van der Waals surface area contributed by atoms with Gasteiger partial charge in [0.25, 0.3) is 0 Å². The molecule has 2 aromatic carbocycles. The number of nitrogens with one attached hydrogen (secondary N) is 1. The highest BCUT2D eigenvalue weighted by Gasteiger charge is 2.22. The van der Waals surface area contributed by atoms with E-state index < -0.39 is 0 Å². The number of amides is 1. The van der Waals surface area contributed by atoms with Crippen molar-refractivity contribution in [1.82, 2.24) is 4.90 Å². The molecule has 1 aliphatic rings. The van der Waals surface area contributed by atoms with Crippen LogP contribution in [0.2, 0.25) is 0 Å². The van der Waals surface area contributed by atoms with Crippen LogP contribution in [0.25, 0.3) is 0 Å². The molecule has 1 amide bonds. The average Bonchev–Trinajstić information content (AvgIpc) is 2.67. The highest BCUT2D eigenvalue weighted by molar-refractivity contribution is 5.93. The summed E-state index contributed by atoms with van der Waals surface area (Å²) >= 11 is 0. The van der Waals surface area contributed by atoms with E-state index in [4.69, 9.17) is 9.47 Å². The molecule has 0 aromatic heterocycles. The van der Waals surface area contributed by atoms with Crippen LogP contribution in [0.4, 0.5) is 5.69 Å². The smallest absolute Gasteiger partial charge is 0.238 e. The molecule has 0 saturated carbocycles. The number of piperidine rings is 1. The van der Waals surface area contributed by atoms with Gasteiger partial charge in [-0.15, -0.1) is 0 Å². The lowest BCUT2D eigenvalue weighted by atomic mass is 10.1. The van der Waals surface area contributed by atoms with Crippen LogP contribution in [-0.2, 0) is 4.79 Å². The van der Waals surface area contributed by atoms with Crippen LogP contribution in [0, 0.1) is 13.8 Å². The first kappa shape index (κ1) is 19.2. The molecule has 2 aromatic rings. The second-order valence-corrected chi connectivity index (χ2v) is 7.09. The summed E-state index contributed by atoms with van der Waals surface area (Å²) in [6, 6.07) is 13.7. The van der Waals surface area contributed by atoms with Crippen LogP contribution < -0.4 is 14.8 Å². The van der Waals surface area contributed by atoms with E-state index in [0.29, 0.717) is 18.0 Å². The highest BCUT2D eigenvalue weighted by atomic mass is 16.5. The molecular formula is C22H28N2O3. The van der Waals surface area contributed by atoms with Crippen LogP contribution in [0.5, 0.6) is 11.5 Å². The summed E-state index contributed by atoms with van der Waals surface area (Å²) in [7, 11) is 1.60. The Kier molecular flexibility index (Phi) is 6.35. The molecule has 0 radical (unpaired) electrons. The number of anilines is 1. The quantitative estimate of drug-likeness (QED) is 0.843. The fourth-order valence-electron chi connectivity index (χ4n) is 3.31. The van der Waals surface area contributed by atoms with Crippen molar-refractivity contribution in [2.45, 2.75) is 32.8 Å². The Balaban J connectivity index is 1.46. The van der Waals surface area contributed by atoms with E-state index in [0.717, 1.165) is 31.7 Å². The number of aryl methyl sites for hydroxylation is 2. The Labute approximate surface area is 161 Å². The maximum atomic E-state index is 12.4. The fourth-order valence-corrected chi connectivity index (χ4v) is 3.31. The number of methoxy groups -OCH3 is 1. The lowest BCUT2D eigenvalue weighted by molar-refractivity contribution is -0.117. The Morgan fingerprint density at radius 2 is 1.85 bits per heavy atom. The third-order valence-corrected chi connectivity index (χ3v) is 5.06. The summed E-state index contributed by atoms with van der Waals surface area (Å²) in [5.74, 6) is 1.59. The van der Waals surface area contributed by atoms with Gasteiger partial charge in [-0.3, -0.25) is 9.69 Å². The zero-order valence-electron chi connectivity index (χ0n) is 16.3. The number of para-hydroxylation sites is 2. The summed E-state index contributed by atoms with van der Waals surface area (Å²) in [6.45, 7) is 6.30. The summed E-state index contributed by atoms with van der Waals surface area (Å²) in [4.78, 5) is 14.5. The number of hydrogen-bond acceptors (Lipinski definition) is 4. The van der Waals surface area contributed by atoms with Crippen molar-refractivity contribution in [1.29, 1.82) is 0 Å². The van der Waals surface area contributed by atoms with Crippen LogP contribution in [0.15, 0.2) is 42.5 Å². The predicted octanol–water partition coefficient (Wildman–Crippen LogP) is 3.79. The van der Waals surface area contributed by atoms with Gasteiger partial charge in [0.1, 0.15) is 17.6 Å². The Morgan fingerprint density at radius 3 is 2.56 bits per heavy atom. The molecule has 5 heteroatoms. The Hall–Kier alpha value is -2.53. The monoisotopic (exact) mass is 368 g/mol. The Morgan fingerprint density at radius 1 is 1.11 bits per heavy atom. The molecule has 5 nitrogen and oxygen atoms in total. The minimum atomic E-state index is -0.0203. The lowest BCUT2D eigenvalue weighted by Crippen LogP contribution is -2.42. The molecule has 0 unspecified atom stereocenters. The van der Waals surface area contributed by atoms with Crippen molar-refractivity contribution in [3.63, 3.8) is 0 Å². The van der Waals surface area contributed by atoms with E-state index >= 15 is 0 Å². The van der Waals surface area contributed by atoms with Gasteiger partial charge in [0.2, 0.25) is 5.91 Å². The zero-order valence-corrected chi connectivity index (χ0v) is 16.3. The molecule has 1 N–H and O–H groups in total. The number of nitrogens with zero attached hydrogens (tertiary/aromatic N) is 1. The third kappa shape index (κ3) is 5.23. The van der Waals surface area contributed by atoms with Gasteiger partial charge in [0, 0.05) is 13.1 Å². The lowest BCUT2D eigenvalue weighted by Gasteiger charge is -2.31. The SMILES string of the molecule is COc1ccccc1NC(=O)CN1CCC(Oc2ccc(C)c(C)c2)CC1. The normalized spacial score (nSPS) is 15.4. The number of carbonyl (C=O) groups is 1. The van der Waals surface area contributed by atoms with Crippen LogP contribution in [0.3, 0.4) is 0 Å². The molecule has 1 fully saturated rings. The zero-order chi connectivity index (χ0) is 19.2. The largest absolute Gasteiger partial charge is 0.495 e. The predicted molar refractivity (Wildman–Crippen MR) is 108 cm³/mol. The number of rotatable bonds is 6. The van der Waals surface area contributed by atoms with E-state index in [1.807, 2.05) is 30.3 Å². The first-order valence-corrected chi connectivity index (χ1v) is 9.44. The first-order chi connectivity index (χ1) is 13.0. The molecule has 0 bridgehead atoms. The molecule has 0 aliphatic carbocycles. The van der Waals surface area contributed by atoms with Gasteiger partial charge in [0.15, 0.2) is 0 Å². The minimum absolute atomic E-state index is 0.0203. The van der Waals surface area contributed by atoms with E-state index in [1.54, 1.807) is 7.11 Å². The van der Waals surface area contributed by atoms with Gasteiger partial charge >= 0.3 is 0 Å². The van der Waals surface area contributed by atoms with E-state index in [2.05, 4.69) is 36.2 Å². The summed E-state index contributed by atoms with van der Waals surface area (Å²) in [5, 5.41) is 2.93. The van der Waals surface area contributed by atoms with Gasteiger partial charge in [-0.05, 0) is 62.1 Å². The van der Waals surface area contributed by atoms with Crippen molar-refractivity contribution >= 4 is 11.6 Å². The number of likely N-dealkylation sites (tertiary alicyclic amines) is 1. The van der Waals surface area contributed by atoms with Crippen LogP contribution >= 0.6 is 0 Å². The van der Waals surface area contributed by atoms with E-state index in [-0.39, 0.29) is 12.0 Å². The maximum absolute atomic E-state index is 12.4. The third-order valence-electron chi connectivity index (χ3n) is 5.06. The van der Waals surface area contributed by atoms with Crippen molar-refractivity contribution in [3.05, 3.63) is 53.6 Å². The molecule has 0 atom stereocenters. The molecule has 144 valence electrons.